The number of likely N-dealkylation sites (tertiary alicyclic amines) is 4. The van der Waals surface area contributed by atoms with Crippen LogP contribution in [0.4, 0.5) is 9.59 Å². The first-order chi connectivity index (χ1) is 61.1. The van der Waals surface area contributed by atoms with Gasteiger partial charge in [0, 0.05) is 156 Å². The van der Waals surface area contributed by atoms with Crippen molar-refractivity contribution in [2.45, 2.75) is 101 Å². The van der Waals surface area contributed by atoms with Crippen molar-refractivity contribution < 1.29 is 106 Å². The zero-order chi connectivity index (χ0) is 92.0. The van der Waals surface area contributed by atoms with E-state index in [-0.39, 0.29) is 114 Å². The molecule has 4 aliphatic rings. The Morgan fingerprint density at radius 3 is 0.867 bits per heavy atom. The molecule has 672 valence electrons. The number of phenols is 4. The molecule has 0 spiro atoms. The van der Waals surface area contributed by atoms with Crippen molar-refractivity contribution in [3.63, 3.8) is 0 Å². The normalized spacial score (nSPS) is 19.2. The van der Waals surface area contributed by atoms with Crippen molar-refractivity contribution in [3.05, 3.63) is 229 Å². The summed E-state index contributed by atoms with van der Waals surface area (Å²) in [4.78, 5) is 108. The number of ether oxygens (including phenoxy) is 6. The van der Waals surface area contributed by atoms with E-state index in [1.807, 2.05) is 47.8 Å². The van der Waals surface area contributed by atoms with Crippen LogP contribution in [-0.4, -0.2) is 203 Å². The zero-order valence-electron chi connectivity index (χ0n) is 70.6. The molecule has 128 heavy (non-hydrogen) atoms. The Balaban J connectivity index is 0.000000146. The number of aliphatic hydroxyl groups is 4. The third kappa shape index (κ3) is 20.5. The number of methoxy groups -OCH3 is 1. The van der Waals surface area contributed by atoms with Crippen LogP contribution in [0.2, 0.25) is 20.1 Å². The largest absolute Gasteiger partial charge is 0.513 e. The fraction of sp³-hybridized carbons (Fsp3) is 0.319. The van der Waals surface area contributed by atoms with Crippen LogP contribution in [0.1, 0.15) is 98.8 Å². The molecule has 16 rings (SSSR count). The summed E-state index contributed by atoms with van der Waals surface area (Å²) in [6.45, 7) is 8.90. The Hall–Kier alpha value is -11.9. The monoisotopic (exact) mass is 1830 g/mol. The lowest BCUT2D eigenvalue weighted by atomic mass is 9.85. The molecule has 4 aliphatic heterocycles. The number of carbonyl (C=O) groups excluding carboxylic acids is 4. The van der Waals surface area contributed by atoms with Crippen LogP contribution in [0.5, 0.6) is 46.0 Å². The number of β-amino-alcohol motifs (C(OH)–C–C–N with tert-alkyl or cyclic N) is 4. The maximum absolute atomic E-state index is 13.0. The fourth-order valence-corrected chi connectivity index (χ4v) is 17.5. The number of piperidine rings is 4. The number of fused-ring (bicyclic) bond motifs is 4. The first kappa shape index (κ1) is 93.8. The van der Waals surface area contributed by atoms with E-state index in [1.54, 1.807) is 111 Å². The lowest BCUT2D eigenvalue weighted by molar-refractivity contribution is -0.134. The van der Waals surface area contributed by atoms with Gasteiger partial charge in [-0.2, -0.15) is 0 Å². The second-order valence-corrected chi connectivity index (χ2v) is 33.2. The summed E-state index contributed by atoms with van der Waals surface area (Å²) >= 11 is 25.2. The number of nitrogens with zero attached hydrogens (tertiary/aromatic N) is 4. The van der Waals surface area contributed by atoms with Crippen LogP contribution in [0.15, 0.2) is 182 Å². The highest BCUT2D eigenvalue weighted by Gasteiger charge is 2.40. The van der Waals surface area contributed by atoms with E-state index < -0.39 is 106 Å². The van der Waals surface area contributed by atoms with Crippen molar-refractivity contribution >= 4 is 115 Å². The summed E-state index contributed by atoms with van der Waals surface area (Å²) in [5, 5.41) is 87.1. The molecule has 0 amide bonds. The molecule has 34 heteroatoms. The smallest absolute Gasteiger partial charge is 0.507 e. The number of aromatic hydroxyl groups is 4. The van der Waals surface area contributed by atoms with Gasteiger partial charge in [0.2, 0.25) is 0 Å². The van der Waals surface area contributed by atoms with Crippen molar-refractivity contribution in [1.29, 1.82) is 0 Å². The molecule has 4 saturated heterocycles. The van der Waals surface area contributed by atoms with E-state index >= 15 is 0 Å². The first-order valence-electron chi connectivity index (χ1n) is 41.0. The van der Waals surface area contributed by atoms with Crippen LogP contribution >= 0.6 is 46.4 Å². The molecule has 4 aromatic heterocycles. The zero-order valence-corrected chi connectivity index (χ0v) is 73.6. The van der Waals surface area contributed by atoms with E-state index in [1.165, 1.54) is 55.5 Å². The number of aliphatic hydroxyl groups excluding tert-OH is 4. The standard InChI is InChI=1S/C24H24ClNO7.C24H24ClNO6.C23H22ClNO7.C23H22ClNO6/c1-3-31-24(30)33-20-11-17(28)22-16(27)10-19(13-6-4-5-7-15(13)25)32-23(22)21(20)14-8-9-26(2)12-18(14)29;1-3-21(30)31-20-11-17(28)23-16(27)10-19(13-6-4-5-7-15(13)25)32-24(23)22(20)14-8-9-26(2)12-18(14)29;1-25-8-7-13(17(28)11-25)20-19(32-23(29)30-2)10-16(27)21-15(26)9-18(31-22(20)21)12-5-3-4-6-14(12)24;1-12(26)30-20-10-17(28)22-16(27)9-19(13-5-3-4-6-15(13)24)31-23(22)21(20)14-7-8-25(2)11-18(14)29/h4-7,10-11,14,18,28-29H,3,8-9,12H2,1-2H3;4-7,10-11,14,18,28-29H,3,8-9,12H2,1-2H3;3-6,9-10,13,17,27-28H,7-8,11H2,1-2H3;3-6,9-10,14,18,28-29H,7-8,11H2,1-2H3/t2*14-,18+;13-,17+;14-,18+/m0000/s1. The van der Waals surface area contributed by atoms with Crippen molar-refractivity contribution in [2.24, 2.45) is 0 Å². The van der Waals surface area contributed by atoms with Gasteiger partial charge in [0.05, 0.1) is 58.2 Å². The number of benzene rings is 8. The number of esters is 2. The average Bonchev–Trinajstić information content (AvgIpc) is 0.761. The number of hydrogen-bond donors (Lipinski definition) is 8. The molecule has 12 aromatic rings. The van der Waals surface area contributed by atoms with Crippen LogP contribution < -0.4 is 40.7 Å². The van der Waals surface area contributed by atoms with Gasteiger partial charge in [-0.05, 0) is 136 Å². The molecular weight excluding hydrogens is 1740 g/mol. The minimum absolute atomic E-state index is 0.0277. The maximum Gasteiger partial charge on any atom is 0.513 e. The van der Waals surface area contributed by atoms with Crippen molar-refractivity contribution in [3.8, 4) is 91.3 Å². The minimum atomic E-state index is -1.00. The second kappa shape index (κ2) is 40.6. The number of phenolic OH excluding ortho intramolecular Hbond substituents is 4. The topological polar surface area (TPSA) is 419 Å². The molecule has 0 unspecified atom stereocenters. The highest BCUT2D eigenvalue weighted by atomic mass is 35.5. The van der Waals surface area contributed by atoms with E-state index in [4.69, 9.17) is 87.8 Å². The molecule has 8 aromatic carbocycles. The molecule has 4 fully saturated rings. The Morgan fingerprint density at radius 1 is 0.383 bits per heavy atom. The highest BCUT2D eigenvalue weighted by Crippen LogP contribution is 2.50. The van der Waals surface area contributed by atoms with Gasteiger partial charge in [-0.3, -0.25) is 28.8 Å². The van der Waals surface area contributed by atoms with E-state index in [9.17, 15) is 79.2 Å². The van der Waals surface area contributed by atoms with E-state index in [0.29, 0.717) is 143 Å². The number of likely N-dealkylation sites (N-methyl/N-ethyl adjacent to an activating group) is 4. The molecule has 8 atom stereocenters. The fourth-order valence-electron chi connectivity index (χ4n) is 16.6. The molecule has 30 nitrogen and oxygen atoms in total. The Morgan fingerprint density at radius 2 is 0.633 bits per heavy atom. The molecule has 0 radical (unpaired) electrons. The van der Waals surface area contributed by atoms with Gasteiger partial charge in [0.25, 0.3) is 0 Å². The predicted octanol–water partition coefficient (Wildman–Crippen LogP) is 15.3. The Bertz CT molecular complexity index is 6300. The molecule has 0 saturated carbocycles. The number of carbonyl (C=O) groups is 4. The Labute approximate surface area is 751 Å². The predicted molar refractivity (Wildman–Crippen MR) is 480 cm³/mol. The quantitative estimate of drug-likeness (QED) is 0.0285. The number of hydrogen-bond acceptors (Lipinski definition) is 30. The van der Waals surface area contributed by atoms with Crippen molar-refractivity contribution in [1.82, 2.24) is 19.6 Å². The summed E-state index contributed by atoms with van der Waals surface area (Å²) < 4.78 is 55.5. The summed E-state index contributed by atoms with van der Waals surface area (Å²) in [6, 6.07) is 37.5. The van der Waals surface area contributed by atoms with Gasteiger partial charge in [-0.25, -0.2) is 9.59 Å². The molecule has 8 N–H and O–H groups in total. The third-order valence-corrected chi connectivity index (χ3v) is 24.0. The average molecular weight is 1840 g/mol. The summed E-state index contributed by atoms with van der Waals surface area (Å²) in [5.74, 6) is -3.72. The summed E-state index contributed by atoms with van der Waals surface area (Å²) in [5.41, 5.74) is 1.72. The molecule has 0 bridgehead atoms. The lowest BCUT2D eigenvalue weighted by Crippen LogP contribution is -2.40. The third-order valence-electron chi connectivity index (χ3n) is 22.7. The number of rotatable bonds is 14. The van der Waals surface area contributed by atoms with Crippen LogP contribution in [0.3, 0.4) is 0 Å². The van der Waals surface area contributed by atoms with Gasteiger partial charge in [-0.15, -0.1) is 0 Å². The van der Waals surface area contributed by atoms with Gasteiger partial charge in [0.15, 0.2) is 21.7 Å². The van der Waals surface area contributed by atoms with Crippen LogP contribution in [0, 0.1) is 0 Å². The van der Waals surface area contributed by atoms with Gasteiger partial charge in [0.1, 0.15) is 113 Å². The maximum atomic E-state index is 13.0. The van der Waals surface area contributed by atoms with Gasteiger partial charge in [-0.1, -0.05) is 102 Å². The highest BCUT2D eigenvalue weighted by molar-refractivity contribution is 6.34. The SMILES string of the molecule is CC(=O)Oc1cc(O)c2c(=O)cc(-c3ccccc3Cl)oc2c1[C@H]1CCN(C)C[C@H]1O.CCC(=O)Oc1cc(O)c2c(=O)cc(-c3ccccc3Cl)oc2c1[C@H]1CCN(C)C[C@H]1O.CCOC(=O)Oc1cc(O)c2c(=O)cc(-c3ccccc3Cl)oc2c1[C@H]1CCN(C)C[C@H]1O.COC(=O)Oc1cc(O)c2c(=O)cc(-c3ccccc3Cl)oc2c1[C@H]1CCN(C)C[C@H]1O. The summed E-state index contributed by atoms with van der Waals surface area (Å²) in [7, 11) is 8.73. The first-order valence-corrected chi connectivity index (χ1v) is 42.5. The molecule has 8 heterocycles. The number of halogens is 4. The van der Waals surface area contributed by atoms with E-state index in [0.717, 1.165) is 7.11 Å². The molecular formula is C94H92Cl4N4O26. The molecule has 0 aliphatic carbocycles. The summed E-state index contributed by atoms with van der Waals surface area (Å²) in [6.07, 6.45) is -2.94. The Kier molecular flexibility index (Phi) is 29.8. The van der Waals surface area contributed by atoms with Gasteiger partial charge >= 0.3 is 24.2 Å². The lowest BCUT2D eigenvalue weighted by Gasteiger charge is -2.34. The van der Waals surface area contributed by atoms with Crippen LogP contribution in [0.25, 0.3) is 89.2 Å². The van der Waals surface area contributed by atoms with Crippen LogP contribution in [-0.2, 0) is 19.1 Å². The van der Waals surface area contributed by atoms with Gasteiger partial charge < -0.3 is 107 Å². The van der Waals surface area contributed by atoms with Crippen molar-refractivity contribution in [2.75, 3.05) is 94.3 Å². The van der Waals surface area contributed by atoms with E-state index in [2.05, 4.69) is 4.74 Å². The second-order valence-electron chi connectivity index (χ2n) is 31.5. The minimum Gasteiger partial charge on any atom is -0.507 e.